The molecule has 1 fully saturated rings. The highest BCUT2D eigenvalue weighted by atomic mass is 32.2. The number of amides is 3. The van der Waals surface area contributed by atoms with E-state index in [-0.39, 0.29) is 35.0 Å². The van der Waals surface area contributed by atoms with Crippen molar-refractivity contribution in [2.24, 2.45) is 4.99 Å². The molecule has 2 heterocycles. The third-order valence-electron chi connectivity index (χ3n) is 8.57. The SMILES string of the molecule is CCCCCCCCOCCCN1C(C(C(=O)Nc2ccc(C(C)(C)C)cc2SC)N2C(=O)OC(C)(C)C2=O)=Nc2ccccc2S1(=O)=O. The summed E-state index contributed by atoms with van der Waals surface area (Å²) in [6, 6.07) is 10.1. The van der Waals surface area contributed by atoms with E-state index >= 15 is 0 Å². The third-order valence-corrected chi connectivity index (χ3v) is 11.2. The Hall–Kier alpha value is -3.42. The van der Waals surface area contributed by atoms with Crippen molar-refractivity contribution in [3.05, 3.63) is 48.0 Å². The number of unbranched alkanes of at least 4 members (excludes halogenated alkanes) is 5. The van der Waals surface area contributed by atoms with E-state index in [4.69, 9.17) is 9.47 Å². The van der Waals surface area contributed by atoms with Crippen molar-refractivity contribution in [3.63, 3.8) is 0 Å². The van der Waals surface area contributed by atoms with E-state index in [2.05, 4.69) is 38.0 Å². The van der Waals surface area contributed by atoms with Gasteiger partial charge in [0.2, 0.25) is 0 Å². The van der Waals surface area contributed by atoms with Gasteiger partial charge < -0.3 is 14.8 Å². The summed E-state index contributed by atoms with van der Waals surface area (Å²) < 4.78 is 40.6. The highest BCUT2D eigenvalue weighted by Crippen LogP contribution is 2.37. The first-order chi connectivity index (χ1) is 23.1. The van der Waals surface area contributed by atoms with Crippen molar-refractivity contribution in [3.8, 4) is 0 Å². The number of sulfonamides is 1. The molecule has 0 radical (unpaired) electrons. The van der Waals surface area contributed by atoms with Crippen LogP contribution in [0.2, 0.25) is 0 Å². The highest BCUT2D eigenvalue weighted by molar-refractivity contribution is 7.98. The number of imide groups is 1. The summed E-state index contributed by atoms with van der Waals surface area (Å²) in [5.41, 5.74) is -0.121. The minimum Gasteiger partial charge on any atom is -0.433 e. The van der Waals surface area contributed by atoms with Crippen LogP contribution in [-0.4, -0.2) is 79.0 Å². The molecule has 0 aromatic heterocycles. The van der Waals surface area contributed by atoms with Crippen molar-refractivity contribution in [1.82, 2.24) is 9.21 Å². The van der Waals surface area contributed by atoms with Gasteiger partial charge in [0, 0.05) is 24.7 Å². The van der Waals surface area contributed by atoms with Crippen LogP contribution < -0.4 is 5.32 Å². The Morgan fingerprint density at radius 3 is 2.35 bits per heavy atom. The molecule has 49 heavy (non-hydrogen) atoms. The number of nitrogens with zero attached hydrogens (tertiary/aromatic N) is 3. The molecular weight excluding hydrogens is 665 g/mol. The number of carbonyl (C=O) groups excluding carboxylic acids is 3. The van der Waals surface area contributed by atoms with Crippen LogP contribution in [0.25, 0.3) is 0 Å². The van der Waals surface area contributed by atoms with Crippen LogP contribution in [0.5, 0.6) is 0 Å². The van der Waals surface area contributed by atoms with E-state index in [1.165, 1.54) is 57.0 Å². The minimum atomic E-state index is -4.25. The number of anilines is 1. The quantitative estimate of drug-likeness (QED) is 0.142. The van der Waals surface area contributed by atoms with Gasteiger partial charge >= 0.3 is 6.09 Å². The number of nitrogens with one attached hydrogen (secondary N) is 1. The molecule has 0 aliphatic carbocycles. The second kappa shape index (κ2) is 16.1. The predicted octanol–water partition coefficient (Wildman–Crippen LogP) is 7.27. The molecule has 4 rings (SSSR count). The second-order valence-electron chi connectivity index (χ2n) is 13.9. The Bertz CT molecular complexity index is 1670. The summed E-state index contributed by atoms with van der Waals surface area (Å²) in [6.07, 6.45) is 7.84. The first kappa shape index (κ1) is 38.4. The number of para-hydroxylation sites is 1. The summed E-state index contributed by atoms with van der Waals surface area (Å²) in [5.74, 6) is -1.86. The largest absolute Gasteiger partial charge is 0.433 e. The monoisotopic (exact) mass is 714 g/mol. The lowest BCUT2D eigenvalue weighted by Gasteiger charge is -2.35. The molecular formula is C36H50N4O7S2. The van der Waals surface area contributed by atoms with Crippen LogP contribution in [0.4, 0.5) is 16.2 Å². The fraction of sp³-hybridized carbons (Fsp3) is 0.556. The van der Waals surface area contributed by atoms with Gasteiger partial charge in [-0.05, 0) is 68.2 Å². The van der Waals surface area contributed by atoms with Gasteiger partial charge in [0.1, 0.15) is 4.90 Å². The molecule has 1 unspecified atom stereocenters. The number of hydrogen-bond acceptors (Lipinski definition) is 9. The number of thioether (sulfide) groups is 1. The van der Waals surface area contributed by atoms with Crippen molar-refractivity contribution < 1.29 is 32.3 Å². The minimum absolute atomic E-state index is 0.0380. The summed E-state index contributed by atoms with van der Waals surface area (Å²) in [5, 5.41) is 2.87. The molecule has 3 amide bonds. The van der Waals surface area contributed by atoms with Gasteiger partial charge in [-0.15, -0.1) is 11.8 Å². The maximum absolute atomic E-state index is 14.4. The average Bonchev–Trinajstić information content (AvgIpc) is 3.24. The lowest BCUT2D eigenvalue weighted by atomic mass is 9.87. The summed E-state index contributed by atoms with van der Waals surface area (Å²) in [7, 11) is -4.25. The zero-order valence-corrected chi connectivity index (χ0v) is 31.3. The normalized spacial score (nSPS) is 17.4. The topological polar surface area (TPSA) is 135 Å². The second-order valence-corrected chi connectivity index (χ2v) is 16.5. The molecule has 0 saturated carbocycles. The maximum atomic E-state index is 14.4. The zero-order valence-electron chi connectivity index (χ0n) is 29.7. The van der Waals surface area contributed by atoms with Gasteiger partial charge in [-0.25, -0.2) is 23.1 Å². The Kier molecular flexibility index (Phi) is 12.6. The fourth-order valence-corrected chi connectivity index (χ4v) is 7.94. The maximum Gasteiger partial charge on any atom is 0.418 e. The first-order valence-electron chi connectivity index (χ1n) is 17.0. The average molecular weight is 715 g/mol. The fourth-order valence-electron chi connectivity index (χ4n) is 5.74. The lowest BCUT2D eigenvalue weighted by molar-refractivity contribution is -0.137. The van der Waals surface area contributed by atoms with E-state index in [9.17, 15) is 22.8 Å². The molecule has 2 aromatic carbocycles. The number of carbonyl (C=O) groups is 3. The predicted molar refractivity (Wildman–Crippen MR) is 193 cm³/mol. The highest BCUT2D eigenvalue weighted by Gasteiger charge is 2.55. The number of fused-ring (bicyclic) bond motifs is 1. The number of amidine groups is 1. The van der Waals surface area contributed by atoms with E-state index in [0.29, 0.717) is 23.6 Å². The van der Waals surface area contributed by atoms with Gasteiger partial charge in [0.05, 0.1) is 11.4 Å². The van der Waals surface area contributed by atoms with Gasteiger partial charge in [-0.2, -0.15) is 0 Å². The number of rotatable bonds is 16. The van der Waals surface area contributed by atoms with Gasteiger partial charge in [-0.3, -0.25) is 13.9 Å². The summed E-state index contributed by atoms with van der Waals surface area (Å²) >= 11 is 1.43. The molecule has 2 aromatic rings. The Balaban J connectivity index is 1.69. The molecule has 0 bridgehead atoms. The van der Waals surface area contributed by atoms with E-state index < -0.39 is 39.6 Å². The lowest BCUT2D eigenvalue weighted by Crippen LogP contribution is -2.59. The molecule has 1 saturated heterocycles. The number of benzene rings is 2. The molecule has 0 spiro atoms. The summed E-state index contributed by atoms with van der Waals surface area (Å²) in [6.45, 7) is 12.0. The molecule has 2 aliphatic rings. The first-order valence-corrected chi connectivity index (χ1v) is 19.6. The number of cyclic esters (lactones) is 1. The molecule has 13 heteroatoms. The van der Waals surface area contributed by atoms with Crippen LogP contribution in [0, 0.1) is 0 Å². The molecule has 1 atom stereocenters. The summed E-state index contributed by atoms with van der Waals surface area (Å²) in [4.78, 5) is 47.5. The van der Waals surface area contributed by atoms with Crippen LogP contribution >= 0.6 is 11.8 Å². The van der Waals surface area contributed by atoms with Gasteiger partial charge in [0.25, 0.3) is 21.8 Å². The molecule has 11 nitrogen and oxygen atoms in total. The van der Waals surface area contributed by atoms with Gasteiger partial charge in [0.15, 0.2) is 17.5 Å². The van der Waals surface area contributed by atoms with E-state index in [1.807, 2.05) is 18.4 Å². The van der Waals surface area contributed by atoms with Crippen molar-refractivity contribution in [2.75, 3.05) is 31.3 Å². The Morgan fingerprint density at radius 2 is 1.69 bits per heavy atom. The van der Waals surface area contributed by atoms with Crippen molar-refractivity contribution in [2.45, 2.75) is 113 Å². The molecule has 2 aliphatic heterocycles. The van der Waals surface area contributed by atoms with Crippen LogP contribution in [0.3, 0.4) is 0 Å². The van der Waals surface area contributed by atoms with Crippen molar-refractivity contribution in [1.29, 1.82) is 0 Å². The number of hydrogen-bond donors (Lipinski definition) is 1. The molecule has 268 valence electrons. The van der Waals surface area contributed by atoms with E-state index in [1.54, 1.807) is 18.2 Å². The number of ether oxygens (including phenoxy) is 2. The van der Waals surface area contributed by atoms with Gasteiger partial charge in [-0.1, -0.05) is 78.0 Å². The Labute approximate surface area is 295 Å². The van der Waals surface area contributed by atoms with Crippen LogP contribution in [-0.2, 0) is 34.5 Å². The van der Waals surface area contributed by atoms with E-state index in [0.717, 1.165) is 34.0 Å². The standard InChI is InChI=1S/C36H50N4O7S2/c1-8-9-10-11-12-15-22-46-23-16-21-39-31(37-27-17-13-14-18-29(27)49(39,44)45)30(40-33(42)36(5,6)47-34(40)43)32(41)38-26-20-19-25(35(2,3)4)24-28(26)48-7/h13-14,17-20,24,30H,8-12,15-16,21-23H2,1-7H3,(H,38,41). The van der Waals surface area contributed by atoms with Crippen LogP contribution in [0.15, 0.2) is 57.2 Å². The zero-order chi connectivity index (χ0) is 36.0. The Morgan fingerprint density at radius 1 is 1.02 bits per heavy atom. The smallest absolute Gasteiger partial charge is 0.418 e. The van der Waals surface area contributed by atoms with Crippen LogP contribution in [0.1, 0.15) is 92.1 Å². The number of aliphatic imine (C=N–C) groups is 1. The van der Waals surface area contributed by atoms with Crippen molar-refractivity contribution >= 4 is 56.9 Å². The molecule has 1 N–H and O–H groups in total. The third kappa shape index (κ3) is 8.85.